The second-order valence-corrected chi connectivity index (χ2v) is 8.90. The number of anilines is 1. The van der Waals surface area contributed by atoms with Gasteiger partial charge in [-0.15, -0.1) is 0 Å². The number of ether oxygens (including phenoxy) is 1. The quantitative estimate of drug-likeness (QED) is 0.574. The van der Waals surface area contributed by atoms with E-state index in [-0.39, 0.29) is 17.8 Å². The van der Waals surface area contributed by atoms with Crippen LogP contribution in [0.2, 0.25) is 0 Å². The van der Waals surface area contributed by atoms with Gasteiger partial charge < -0.3 is 15.0 Å². The molecule has 30 heavy (non-hydrogen) atoms. The second kappa shape index (κ2) is 7.05. The molecule has 4 heterocycles. The lowest BCUT2D eigenvalue weighted by atomic mass is 9.80. The summed E-state index contributed by atoms with van der Waals surface area (Å²) in [5, 5.41) is 12.3. The van der Waals surface area contributed by atoms with Gasteiger partial charge in [0, 0.05) is 29.7 Å². The molecule has 3 aliphatic rings. The minimum Gasteiger partial charge on any atom is -0.483 e. The molecule has 3 N–H and O–H groups in total. The van der Waals surface area contributed by atoms with Crippen molar-refractivity contribution in [2.75, 3.05) is 5.32 Å². The van der Waals surface area contributed by atoms with Gasteiger partial charge >= 0.3 is 0 Å². The number of ketones is 1. The van der Waals surface area contributed by atoms with Crippen molar-refractivity contribution in [3.05, 3.63) is 58.5 Å². The number of nitrogens with one attached hydrogen (secondary N) is 3. The standard InChI is InChI=1S/C22H21N5O2S/c28-16-8-4-3-7-15-20(16)19(12-11-23-27-21(12)24-15)17-9-10-18(29-17)30-22-25-13-5-1-2-6-14(13)26-22/h1-2,5-6,10-11,17,19H,3-4,7-9H2,(H,25,26)(H2,23,24,27). The molecule has 2 aromatic heterocycles. The van der Waals surface area contributed by atoms with E-state index in [1.165, 1.54) is 11.8 Å². The zero-order valence-corrected chi connectivity index (χ0v) is 17.1. The molecule has 0 bridgehead atoms. The van der Waals surface area contributed by atoms with Gasteiger partial charge in [-0.05, 0) is 49.2 Å². The molecule has 2 atom stereocenters. The normalized spacial score (nSPS) is 23.5. The smallest absolute Gasteiger partial charge is 0.174 e. The van der Waals surface area contributed by atoms with E-state index in [4.69, 9.17) is 4.74 Å². The Morgan fingerprint density at radius 2 is 2.07 bits per heavy atom. The second-order valence-electron chi connectivity index (χ2n) is 7.90. The summed E-state index contributed by atoms with van der Waals surface area (Å²) >= 11 is 1.49. The van der Waals surface area contributed by atoms with Gasteiger partial charge in [0.05, 0.1) is 23.1 Å². The van der Waals surface area contributed by atoms with E-state index in [1.807, 2.05) is 30.5 Å². The molecule has 1 aliphatic carbocycles. The van der Waals surface area contributed by atoms with Crippen LogP contribution < -0.4 is 5.32 Å². The number of H-pyrrole nitrogens is 2. The van der Waals surface area contributed by atoms with Gasteiger partial charge in [-0.2, -0.15) is 5.10 Å². The molecule has 0 spiro atoms. The van der Waals surface area contributed by atoms with Crippen molar-refractivity contribution in [1.82, 2.24) is 20.2 Å². The number of rotatable bonds is 3. The number of imidazole rings is 1. The largest absolute Gasteiger partial charge is 0.483 e. The molecule has 2 unspecified atom stereocenters. The number of aromatic nitrogens is 4. The Labute approximate surface area is 177 Å². The summed E-state index contributed by atoms with van der Waals surface area (Å²) in [6.07, 6.45) is 7.99. The number of allylic oxidation sites excluding steroid dienone is 1. The number of hydrogen-bond donors (Lipinski definition) is 3. The molecule has 0 radical (unpaired) electrons. The monoisotopic (exact) mass is 419 g/mol. The highest BCUT2D eigenvalue weighted by atomic mass is 32.2. The predicted octanol–water partition coefficient (Wildman–Crippen LogP) is 4.61. The summed E-state index contributed by atoms with van der Waals surface area (Å²) in [5.41, 5.74) is 4.87. The van der Waals surface area contributed by atoms with Crippen molar-refractivity contribution < 1.29 is 9.53 Å². The number of hydrogen-bond acceptors (Lipinski definition) is 6. The van der Waals surface area contributed by atoms with Crippen LogP contribution in [0.1, 0.15) is 43.6 Å². The van der Waals surface area contributed by atoms with Crippen LogP contribution in [0.3, 0.4) is 0 Å². The number of fused-ring (bicyclic) bond motifs is 2. The number of thioether (sulfide) groups is 1. The molecular formula is C22H21N5O2S. The summed E-state index contributed by atoms with van der Waals surface area (Å²) in [6, 6.07) is 7.97. The minimum atomic E-state index is -0.123. The van der Waals surface area contributed by atoms with Crippen LogP contribution in [0.15, 0.2) is 58.1 Å². The molecule has 0 fully saturated rings. The van der Waals surface area contributed by atoms with Crippen molar-refractivity contribution in [3.63, 3.8) is 0 Å². The maximum Gasteiger partial charge on any atom is 0.174 e. The fraction of sp³-hybridized carbons (Fsp3) is 0.318. The van der Waals surface area contributed by atoms with Crippen LogP contribution in [0.25, 0.3) is 11.0 Å². The Balaban J connectivity index is 1.28. The summed E-state index contributed by atoms with van der Waals surface area (Å²) in [6.45, 7) is 0. The van der Waals surface area contributed by atoms with Gasteiger partial charge in [-0.25, -0.2) is 4.98 Å². The zero-order valence-electron chi connectivity index (χ0n) is 16.3. The molecule has 2 aliphatic heterocycles. The zero-order chi connectivity index (χ0) is 20.1. The summed E-state index contributed by atoms with van der Waals surface area (Å²) in [7, 11) is 0. The predicted molar refractivity (Wildman–Crippen MR) is 115 cm³/mol. The van der Waals surface area contributed by atoms with E-state index in [9.17, 15) is 4.79 Å². The average molecular weight is 420 g/mol. The fourth-order valence-electron chi connectivity index (χ4n) is 4.64. The molecule has 8 heteroatoms. The van der Waals surface area contributed by atoms with Crippen LogP contribution in [0, 0.1) is 0 Å². The van der Waals surface area contributed by atoms with Gasteiger partial charge in [0.25, 0.3) is 0 Å². The van der Waals surface area contributed by atoms with Gasteiger partial charge in [-0.3, -0.25) is 9.89 Å². The Morgan fingerprint density at radius 3 is 3.00 bits per heavy atom. The van der Waals surface area contributed by atoms with E-state index in [0.717, 1.165) is 69.6 Å². The molecule has 6 rings (SSSR count). The van der Waals surface area contributed by atoms with Crippen LogP contribution in [-0.2, 0) is 9.53 Å². The average Bonchev–Trinajstić information content (AvgIpc) is 3.46. The van der Waals surface area contributed by atoms with Crippen LogP contribution in [-0.4, -0.2) is 32.1 Å². The number of para-hydroxylation sites is 2. The third-order valence-corrected chi connectivity index (χ3v) is 6.87. The Kier molecular flexibility index (Phi) is 4.19. The van der Waals surface area contributed by atoms with E-state index < -0.39 is 0 Å². The van der Waals surface area contributed by atoms with Crippen molar-refractivity contribution in [3.8, 4) is 0 Å². The van der Waals surface area contributed by atoms with Crippen molar-refractivity contribution >= 4 is 34.4 Å². The van der Waals surface area contributed by atoms with Crippen molar-refractivity contribution in [2.24, 2.45) is 0 Å². The number of carbonyl (C=O) groups is 1. The van der Waals surface area contributed by atoms with E-state index in [2.05, 4.69) is 31.6 Å². The first-order chi connectivity index (χ1) is 14.8. The number of nitrogens with zero attached hydrogens (tertiary/aromatic N) is 2. The number of carbonyl (C=O) groups excluding carboxylic acids is 1. The first-order valence-electron chi connectivity index (χ1n) is 10.3. The first kappa shape index (κ1) is 17.8. The Hall–Kier alpha value is -3.00. The van der Waals surface area contributed by atoms with Crippen LogP contribution in [0.4, 0.5) is 5.82 Å². The highest BCUT2D eigenvalue weighted by Crippen LogP contribution is 2.47. The van der Waals surface area contributed by atoms with Gasteiger partial charge in [0.15, 0.2) is 16.0 Å². The highest BCUT2D eigenvalue weighted by Gasteiger charge is 2.41. The molecule has 152 valence electrons. The van der Waals surface area contributed by atoms with Crippen LogP contribution >= 0.6 is 11.8 Å². The summed E-state index contributed by atoms with van der Waals surface area (Å²) in [4.78, 5) is 21.0. The fourth-order valence-corrected chi connectivity index (χ4v) is 5.49. The number of benzene rings is 1. The summed E-state index contributed by atoms with van der Waals surface area (Å²) in [5.74, 6) is 1.01. The van der Waals surface area contributed by atoms with Gasteiger partial charge in [0.1, 0.15) is 11.9 Å². The molecule has 0 amide bonds. The minimum absolute atomic E-state index is 0.106. The summed E-state index contributed by atoms with van der Waals surface area (Å²) < 4.78 is 6.37. The lowest BCUT2D eigenvalue weighted by molar-refractivity contribution is -0.116. The topological polar surface area (TPSA) is 95.7 Å². The molecular weight excluding hydrogens is 398 g/mol. The lowest BCUT2D eigenvalue weighted by Crippen LogP contribution is -2.29. The number of Topliss-reactive ketones (excluding diaryl/α,β-unsaturated/α-hetero) is 1. The SMILES string of the molecule is O=C1CCCCC2=C1C(C1CC=C(Sc3nc4ccccc4[nH]3)O1)c1cn[nH]c1N2. The van der Waals surface area contributed by atoms with Crippen molar-refractivity contribution in [2.45, 2.75) is 49.3 Å². The number of aromatic amines is 2. The Morgan fingerprint density at radius 1 is 1.17 bits per heavy atom. The first-order valence-corrected chi connectivity index (χ1v) is 11.1. The van der Waals surface area contributed by atoms with E-state index >= 15 is 0 Å². The van der Waals surface area contributed by atoms with E-state index in [1.54, 1.807) is 0 Å². The van der Waals surface area contributed by atoms with E-state index in [0.29, 0.717) is 6.42 Å². The highest BCUT2D eigenvalue weighted by molar-refractivity contribution is 8.02. The third-order valence-electron chi connectivity index (χ3n) is 6.02. The molecule has 7 nitrogen and oxygen atoms in total. The van der Waals surface area contributed by atoms with Gasteiger partial charge in [-0.1, -0.05) is 12.1 Å². The third kappa shape index (κ3) is 2.94. The van der Waals surface area contributed by atoms with Gasteiger partial charge in [0.2, 0.25) is 0 Å². The lowest BCUT2D eigenvalue weighted by Gasteiger charge is -2.31. The Bertz CT molecular complexity index is 1170. The maximum absolute atomic E-state index is 13.0. The van der Waals surface area contributed by atoms with Crippen molar-refractivity contribution in [1.29, 1.82) is 0 Å². The molecule has 0 saturated carbocycles. The van der Waals surface area contributed by atoms with Crippen LogP contribution in [0.5, 0.6) is 0 Å². The molecule has 3 aromatic rings. The molecule has 1 aromatic carbocycles. The maximum atomic E-state index is 13.0. The molecule has 0 saturated heterocycles.